The van der Waals surface area contributed by atoms with E-state index in [1.165, 1.54) is 7.11 Å². The average molecular weight is 671 g/mol. The van der Waals surface area contributed by atoms with E-state index in [4.69, 9.17) is 22.4 Å². The second-order valence-corrected chi connectivity index (χ2v) is 13.9. The van der Waals surface area contributed by atoms with E-state index in [-0.39, 0.29) is 30.0 Å². The number of aryl methyl sites for hydroxylation is 1. The van der Waals surface area contributed by atoms with Crippen molar-refractivity contribution in [3.05, 3.63) is 30.6 Å². The molecule has 0 aromatic carbocycles. The molecule has 0 spiro atoms. The second-order valence-electron chi connectivity index (χ2n) is 13.9. The molecule has 2 aromatic heterocycles. The molecular weight excluding hydrogens is 618 g/mol. The van der Waals surface area contributed by atoms with Crippen LogP contribution in [0.25, 0.3) is 11.4 Å². The number of aromatic nitrogens is 4. The van der Waals surface area contributed by atoms with Crippen LogP contribution in [0.2, 0.25) is 5.82 Å². The number of ether oxygens (including phenoxy) is 2. The van der Waals surface area contributed by atoms with Crippen LogP contribution in [0.15, 0.2) is 30.6 Å². The molecule has 1 aliphatic heterocycles. The number of nitrogens with one attached hydrogen (secondary N) is 1. The first kappa shape index (κ1) is 39.1. The number of alkyl halides is 1. The molecule has 0 aliphatic carbocycles. The molecule has 1 fully saturated rings. The standard InChI is InChI=1S/C34H52BFN6O6/c1-9-23(3)34(7)29(24(4)38-20-22(2)19-32(5,47-8)27(35)18-28(43)33(6,36)30(44)45)42(31(46)48-34)17-13-12-16-41-21-26(39-40-41)25-14-10-11-15-37-25/h10-11,14-15,21-24,27,29,38H,9,12-13,16-20H2,1-8H3,(H,44,45)/t22-,23-,24-,27-,29-,32-,33+,34-/m1/s1. The lowest BCUT2D eigenvalue weighted by molar-refractivity contribution is -0.156. The number of halogens is 1. The zero-order chi connectivity index (χ0) is 35.9. The summed E-state index contributed by atoms with van der Waals surface area (Å²) in [7, 11) is 7.78. The Morgan fingerprint density at radius 3 is 2.50 bits per heavy atom. The maximum Gasteiger partial charge on any atom is 0.410 e. The molecular formula is C34H52BFN6O6. The van der Waals surface area contributed by atoms with Crippen LogP contribution in [-0.4, -0.2) is 105 Å². The summed E-state index contributed by atoms with van der Waals surface area (Å²) in [6, 6.07) is 5.27. The Kier molecular flexibility index (Phi) is 13.3. The first-order valence-corrected chi connectivity index (χ1v) is 16.8. The third-order valence-corrected chi connectivity index (χ3v) is 10.2. The van der Waals surface area contributed by atoms with E-state index in [0.29, 0.717) is 31.7 Å². The van der Waals surface area contributed by atoms with Gasteiger partial charge < -0.3 is 19.9 Å². The van der Waals surface area contributed by atoms with Crippen LogP contribution in [0.4, 0.5) is 9.18 Å². The Balaban J connectivity index is 1.62. The lowest BCUT2D eigenvalue weighted by Crippen LogP contribution is -2.58. The first-order chi connectivity index (χ1) is 22.5. The fourth-order valence-corrected chi connectivity index (χ4v) is 6.49. The van der Waals surface area contributed by atoms with Crippen molar-refractivity contribution in [3.63, 3.8) is 0 Å². The van der Waals surface area contributed by atoms with Gasteiger partial charge in [-0.15, -0.1) is 5.10 Å². The van der Waals surface area contributed by atoms with Crippen LogP contribution in [-0.2, 0) is 25.6 Å². The molecule has 2 radical (unpaired) electrons. The highest BCUT2D eigenvalue weighted by molar-refractivity contribution is 6.16. The van der Waals surface area contributed by atoms with Crippen molar-refractivity contribution in [1.82, 2.24) is 30.2 Å². The summed E-state index contributed by atoms with van der Waals surface area (Å²) in [5.74, 6) is -3.76. The Morgan fingerprint density at radius 2 is 1.90 bits per heavy atom. The third-order valence-electron chi connectivity index (χ3n) is 10.2. The molecule has 0 saturated carbocycles. The second kappa shape index (κ2) is 16.3. The van der Waals surface area contributed by atoms with Crippen LogP contribution in [0.1, 0.15) is 80.6 Å². The minimum absolute atomic E-state index is 0.00484. The summed E-state index contributed by atoms with van der Waals surface area (Å²) >= 11 is 0. The number of unbranched alkanes of at least 4 members (excludes halogenated alkanes) is 1. The lowest BCUT2D eigenvalue weighted by Gasteiger charge is -2.41. The fourth-order valence-electron chi connectivity index (χ4n) is 6.49. The number of Topliss-reactive ketones (excluding diaryl/α,β-unsaturated/α-hetero) is 1. The molecule has 3 rings (SSSR count). The van der Waals surface area contributed by atoms with E-state index < -0.39 is 40.9 Å². The summed E-state index contributed by atoms with van der Waals surface area (Å²) in [5, 5.41) is 21.2. The van der Waals surface area contributed by atoms with Gasteiger partial charge in [0.2, 0.25) is 0 Å². The molecule has 1 aliphatic rings. The summed E-state index contributed by atoms with van der Waals surface area (Å²) < 4.78 is 28.0. The Hall–Kier alpha value is -3.39. The summed E-state index contributed by atoms with van der Waals surface area (Å²) in [4.78, 5) is 43.1. The predicted molar refractivity (Wildman–Crippen MR) is 180 cm³/mol. The number of methoxy groups -OCH3 is 1. The predicted octanol–water partition coefficient (Wildman–Crippen LogP) is 4.88. The van der Waals surface area contributed by atoms with Gasteiger partial charge in [0.1, 0.15) is 11.3 Å². The average Bonchev–Trinajstić information content (AvgIpc) is 3.63. The quantitative estimate of drug-likeness (QED) is 0.113. The van der Waals surface area contributed by atoms with Gasteiger partial charge in [0.05, 0.1) is 31.4 Å². The van der Waals surface area contributed by atoms with Gasteiger partial charge in [0, 0.05) is 38.9 Å². The fraction of sp³-hybridized carbons (Fsp3) is 0.706. The molecule has 2 N–H and O–H groups in total. The Bertz CT molecular complexity index is 1380. The summed E-state index contributed by atoms with van der Waals surface area (Å²) in [6.07, 6.45) is 5.57. The number of cyclic esters (lactones) is 1. The zero-order valence-corrected chi connectivity index (χ0v) is 29.6. The zero-order valence-electron chi connectivity index (χ0n) is 29.6. The number of hydrogen-bond donors (Lipinski definition) is 2. The van der Waals surface area contributed by atoms with Gasteiger partial charge in [-0.1, -0.05) is 32.1 Å². The van der Waals surface area contributed by atoms with Crippen molar-refractivity contribution in [1.29, 1.82) is 0 Å². The number of carbonyl (C=O) groups excluding carboxylic acids is 2. The van der Waals surface area contributed by atoms with E-state index in [0.717, 1.165) is 31.9 Å². The highest BCUT2D eigenvalue weighted by atomic mass is 19.1. The molecule has 3 heterocycles. The topological polar surface area (TPSA) is 149 Å². The van der Waals surface area contributed by atoms with Crippen LogP contribution in [0.5, 0.6) is 0 Å². The number of ketones is 1. The normalized spacial score (nSPS) is 23.1. The Morgan fingerprint density at radius 1 is 1.21 bits per heavy atom. The van der Waals surface area contributed by atoms with E-state index in [1.54, 1.807) is 17.8 Å². The molecule has 12 nitrogen and oxygen atoms in total. The van der Waals surface area contributed by atoms with Crippen molar-refractivity contribution in [2.75, 3.05) is 20.2 Å². The number of carboxylic acids is 1. The maximum absolute atomic E-state index is 14.4. The number of rotatable bonds is 20. The summed E-state index contributed by atoms with van der Waals surface area (Å²) in [6.45, 7) is 14.4. The number of pyridine rings is 1. The van der Waals surface area contributed by atoms with Crippen LogP contribution in [0.3, 0.4) is 0 Å². The van der Waals surface area contributed by atoms with E-state index in [9.17, 15) is 18.8 Å². The molecule has 1 saturated heterocycles. The van der Waals surface area contributed by atoms with E-state index in [1.807, 2.05) is 43.1 Å². The monoisotopic (exact) mass is 670 g/mol. The number of hydrogen-bond acceptors (Lipinski definition) is 9. The first-order valence-electron chi connectivity index (χ1n) is 16.8. The number of aliphatic carboxylic acids is 1. The molecule has 14 heteroatoms. The van der Waals surface area contributed by atoms with Gasteiger partial charge in [0.25, 0.3) is 5.67 Å². The Labute approximate surface area is 284 Å². The van der Waals surface area contributed by atoms with Crippen molar-refractivity contribution < 1.29 is 33.4 Å². The van der Waals surface area contributed by atoms with E-state index >= 15 is 0 Å². The van der Waals surface area contributed by atoms with Gasteiger partial charge in [-0.05, 0) is 89.7 Å². The van der Waals surface area contributed by atoms with Crippen LogP contribution >= 0.6 is 0 Å². The maximum atomic E-state index is 14.4. The molecule has 0 unspecified atom stereocenters. The molecule has 2 aromatic rings. The molecule has 8 atom stereocenters. The number of nitrogens with zero attached hydrogens (tertiary/aromatic N) is 5. The molecule has 264 valence electrons. The van der Waals surface area contributed by atoms with Crippen molar-refractivity contribution in [2.24, 2.45) is 11.8 Å². The minimum atomic E-state index is -3.02. The third kappa shape index (κ3) is 8.99. The number of carboxylic acid groups (broad SMARTS) is 1. The van der Waals surface area contributed by atoms with Gasteiger partial charge in [-0.3, -0.25) is 19.4 Å². The van der Waals surface area contributed by atoms with Crippen LogP contribution < -0.4 is 5.32 Å². The van der Waals surface area contributed by atoms with Crippen molar-refractivity contribution >= 4 is 25.7 Å². The van der Waals surface area contributed by atoms with Gasteiger partial charge in [-0.25, -0.2) is 14.0 Å². The van der Waals surface area contributed by atoms with Crippen molar-refractivity contribution in [2.45, 2.75) is 122 Å². The molecule has 1 amide bonds. The van der Waals surface area contributed by atoms with Crippen LogP contribution in [0, 0.1) is 11.8 Å². The lowest BCUT2D eigenvalue weighted by atomic mass is 9.67. The van der Waals surface area contributed by atoms with Gasteiger partial charge >= 0.3 is 12.1 Å². The van der Waals surface area contributed by atoms with E-state index in [2.05, 4.69) is 41.4 Å². The smallest absolute Gasteiger partial charge is 0.410 e. The van der Waals surface area contributed by atoms with Gasteiger partial charge in [-0.2, -0.15) is 0 Å². The molecule has 0 bridgehead atoms. The SMILES string of the molecule is [B][C@H](CC(=O)[C@](C)(F)C(=O)O)[C@@](C)(C[C@@H](C)CN[C@H](C)[C@H]1N(CCCCn2cc(-c3ccccn3)nn2)C(=O)O[C@]1(C)[C@H](C)CC)OC. The highest BCUT2D eigenvalue weighted by Crippen LogP contribution is 2.40. The number of carbonyl (C=O) groups is 3. The van der Waals surface area contributed by atoms with Crippen molar-refractivity contribution in [3.8, 4) is 11.4 Å². The highest BCUT2D eigenvalue weighted by Gasteiger charge is 2.55. The minimum Gasteiger partial charge on any atom is -0.479 e. The molecule has 48 heavy (non-hydrogen) atoms. The van der Waals surface area contributed by atoms with Gasteiger partial charge in [0.15, 0.2) is 5.78 Å². The number of amides is 1. The summed E-state index contributed by atoms with van der Waals surface area (Å²) in [5.41, 5.74) is -3.28. The largest absolute Gasteiger partial charge is 0.479 e.